The van der Waals surface area contributed by atoms with Gasteiger partial charge in [0.25, 0.3) is 5.56 Å². The van der Waals surface area contributed by atoms with Gasteiger partial charge in [0.2, 0.25) is 0 Å². The molecule has 1 aromatic carbocycles. The van der Waals surface area contributed by atoms with Crippen LogP contribution in [0, 0.1) is 0 Å². The molecule has 3 rings (SSSR count). The molecule has 0 spiro atoms. The van der Waals surface area contributed by atoms with E-state index in [4.69, 9.17) is 11.6 Å². The summed E-state index contributed by atoms with van der Waals surface area (Å²) in [4.78, 5) is 24.9. The van der Waals surface area contributed by atoms with Crippen LogP contribution in [0.5, 0.6) is 0 Å². The van der Waals surface area contributed by atoms with Crippen LogP contribution in [-0.2, 0) is 17.5 Å². The molecule has 182 valence electrons. The van der Waals surface area contributed by atoms with Crippen LogP contribution in [-0.4, -0.2) is 15.0 Å². The maximum absolute atomic E-state index is 16.3. The fraction of sp³-hybridized carbons (Fsp3) is 0.276. The molecule has 0 saturated heterocycles. The Hall–Kier alpha value is -3.31. The molecular weight excluding hydrogens is 461 g/mol. The van der Waals surface area contributed by atoms with Gasteiger partial charge in [0.05, 0.1) is 5.69 Å². The van der Waals surface area contributed by atoms with E-state index in [0.29, 0.717) is 16.2 Å². The number of aromatic amines is 1. The van der Waals surface area contributed by atoms with Crippen LogP contribution in [0.25, 0.3) is 11.4 Å². The number of nitrogens with zero attached hydrogens (tertiary/aromatic N) is 2. The molecule has 0 amide bonds. The lowest BCUT2D eigenvalue weighted by molar-refractivity contribution is 0.200. The van der Waals surface area contributed by atoms with Gasteiger partial charge in [0, 0.05) is 40.4 Å². The van der Waals surface area contributed by atoms with Crippen molar-refractivity contribution in [1.29, 1.82) is 0 Å². The predicted molar refractivity (Wildman–Crippen MR) is 143 cm³/mol. The van der Waals surface area contributed by atoms with Gasteiger partial charge in [-0.2, -0.15) is 0 Å². The normalized spacial score (nSPS) is 14.9. The molecule has 0 fully saturated rings. The summed E-state index contributed by atoms with van der Waals surface area (Å²) < 4.78 is 16.3. The highest BCUT2D eigenvalue weighted by Crippen LogP contribution is 2.38. The SMILES string of the molecule is C=CC(C)(C=CC)c1cc(Cc2c(C(F)(CC)C(=C)C)nc(-c3cccnc3)[nH]c2=O)ccc1Cl. The van der Waals surface area contributed by atoms with Crippen LogP contribution in [0.2, 0.25) is 5.02 Å². The first-order chi connectivity index (χ1) is 16.6. The van der Waals surface area contributed by atoms with Gasteiger partial charge in [0.1, 0.15) is 5.82 Å². The van der Waals surface area contributed by atoms with Gasteiger partial charge in [-0.1, -0.05) is 55.5 Å². The quantitative estimate of drug-likeness (QED) is 0.321. The third kappa shape index (κ3) is 5.20. The topological polar surface area (TPSA) is 58.6 Å². The van der Waals surface area contributed by atoms with Crippen molar-refractivity contribution < 1.29 is 4.39 Å². The summed E-state index contributed by atoms with van der Waals surface area (Å²) in [5.74, 6) is 0.266. The Morgan fingerprint density at radius 1 is 1.31 bits per heavy atom. The van der Waals surface area contributed by atoms with Crippen LogP contribution >= 0.6 is 11.6 Å². The first-order valence-corrected chi connectivity index (χ1v) is 11.9. The number of aromatic nitrogens is 3. The van der Waals surface area contributed by atoms with Gasteiger partial charge in [-0.3, -0.25) is 9.78 Å². The lowest BCUT2D eigenvalue weighted by Crippen LogP contribution is -2.30. The van der Waals surface area contributed by atoms with Crippen molar-refractivity contribution in [2.45, 2.75) is 51.6 Å². The molecule has 0 aliphatic heterocycles. The first kappa shape index (κ1) is 26.3. The number of halogens is 2. The van der Waals surface area contributed by atoms with Crippen LogP contribution < -0.4 is 5.56 Å². The molecule has 35 heavy (non-hydrogen) atoms. The van der Waals surface area contributed by atoms with E-state index in [2.05, 4.69) is 28.1 Å². The number of nitrogens with one attached hydrogen (secondary N) is 1. The second kappa shape index (κ2) is 10.5. The molecular formula is C29H31ClFN3O. The number of rotatable bonds is 9. The number of H-pyrrole nitrogens is 1. The highest BCUT2D eigenvalue weighted by Gasteiger charge is 2.37. The summed E-state index contributed by atoms with van der Waals surface area (Å²) in [5.41, 5.74) is 0.0218. The highest BCUT2D eigenvalue weighted by molar-refractivity contribution is 6.31. The van der Waals surface area contributed by atoms with Crippen molar-refractivity contribution in [3.8, 4) is 11.4 Å². The summed E-state index contributed by atoms with van der Waals surface area (Å²) in [6.07, 6.45) is 9.26. The molecule has 0 saturated carbocycles. The standard InChI is InChI=1S/C29H31ClFN3O/c1-7-14-28(6,8-2)23-17-20(12-13-24(23)30)16-22-25(29(31,9-3)19(4)5)33-26(34-27(22)35)21-11-10-15-32-18-21/h7-8,10-15,17-18H,2,4,9,16H2,1,3,5-6H3,(H,33,34,35). The van der Waals surface area contributed by atoms with Crippen molar-refractivity contribution in [2.75, 3.05) is 0 Å². The second-order valence-corrected chi connectivity index (χ2v) is 9.30. The van der Waals surface area contributed by atoms with Crippen molar-refractivity contribution in [3.63, 3.8) is 0 Å². The molecule has 0 aliphatic rings. The van der Waals surface area contributed by atoms with E-state index in [1.54, 1.807) is 44.4 Å². The lowest BCUT2D eigenvalue weighted by atomic mass is 9.81. The Kier molecular flexibility index (Phi) is 7.91. The molecule has 0 radical (unpaired) electrons. The minimum atomic E-state index is -1.96. The Labute approximate surface area is 211 Å². The monoisotopic (exact) mass is 491 g/mol. The average molecular weight is 492 g/mol. The van der Waals surface area contributed by atoms with Gasteiger partial charge < -0.3 is 4.98 Å². The minimum absolute atomic E-state index is 0.0755. The van der Waals surface area contributed by atoms with Crippen LogP contribution in [0.1, 0.15) is 56.5 Å². The van der Waals surface area contributed by atoms with Crippen LogP contribution in [0.15, 0.2) is 84.5 Å². The number of hydrogen-bond donors (Lipinski definition) is 1. The first-order valence-electron chi connectivity index (χ1n) is 11.5. The smallest absolute Gasteiger partial charge is 0.255 e. The Morgan fingerprint density at radius 2 is 2.06 bits per heavy atom. The Balaban J connectivity index is 2.22. The third-order valence-electron chi connectivity index (χ3n) is 6.42. The molecule has 4 nitrogen and oxygen atoms in total. The summed E-state index contributed by atoms with van der Waals surface area (Å²) in [6.45, 7) is 15.1. The predicted octanol–water partition coefficient (Wildman–Crippen LogP) is 7.25. The van der Waals surface area contributed by atoms with Crippen LogP contribution in [0.3, 0.4) is 0 Å². The van der Waals surface area contributed by atoms with Crippen LogP contribution in [0.4, 0.5) is 4.39 Å². The molecule has 2 aromatic heterocycles. The Morgan fingerprint density at radius 3 is 2.63 bits per heavy atom. The fourth-order valence-corrected chi connectivity index (χ4v) is 4.53. The van der Waals surface area contributed by atoms with Gasteiger partial charge in [-0.15, -0.1) is 6.58 Å². The van der Waals surface area contributed by atoms with E-state index < -0.39 is 16.6 Å². The zero-order valence-electron chi connectivity index (χ0n) is 20.7. The van der Waals surface area contributed by atoms with Crippen molar-refractivity contribution in [2.24, 2.45) is 0 Å². The van der Waals surface area contributed by atoms with Crippen molar-refractivity contribution >= 4 is 11.6 Å². The van der Waals surface area contributed by atoms with E-state index in [1.165, 1.54) is 0 Å². The molecule has 3 aromatic rings. The summed E-state index contributed by atoms with van der Waals surface area (Å²) in [6, 6.07) is 9.08. The number of benzene rings is 1. The number of hydrogen-bond acceptors (Lipinski definition) is 3. The summed E-state index contributed by atoms with van der Waals surface area (Å²) in [7, 11) is 0. The van der Waals surface area contributed by atoms with E-state index in [9.17, 15) is 4.79 Å². The van der Waals surface area contributed by atoms with E-state index in [-0.39, 0.29) is 29.9 Å². The number of allylic oxidation sites excluding steroid dienone is 4. The van der Waals surface area contributed by atoms with Gasteiger partial charge in [-0.05, 0) is 62.1 Å². The highest BCUT2D eigenvalue weighted by atomic mass is 35.5. The molecule has 0 bridgehead atoms. The fourth-order valence-electron chi connectivity index (χ4n) is 4.21. The van der Waals surface area contributed by atoms with Gasteiger partial charge >= 0.3 is 0 Å². The maximum atomic E-state index is 16.3. The molecule has 0 aliphatic carbocycles. The summed E-state index contributed by atoms with van der Waals surface area (Å²) in [5, 5.41) is 0.587. The van der Waals surface area contributed by atoms with E-state index >= 15 is 4.39 Å². The van der Waals surface area contributed by atoms with Gasteiger partial charge in [-0.25, -0.2) is 9.37 Å². The molecule has 2 heterocycles. The van der Waals surface area contributed by atoms with E-state index in [0.717, 1.165) is 11.1 Å². The molecule has 2 unspecified atom stereocenters. The third-order valence-corrected chi connectivity index (χ3v) is 6.75. The van der Waals surface area contributed by atoms with Gasteiger partial charge in [0.15, 0.2) is 5.67 Å². The molecule has 1 N–H and O–H groups in total. The minimum Gasteiger partial charge on any atom is -0.306 e. The second-order valence-electron chi connectivity index (χ2n) is 8.90. The number of pyridine rings is 1. The largest absolute Gasteiger partial charge is 0.306 e. The lowest BCUT2D eigenvalue weighted by Gasteiger charge is -2.27. The maximum Gasteiger partial charge on any atom is 0.255 e. The number of alkyl halides is 1. The summed E-state index contributed by atoms with van der Waals surface area (Å²) >= 11 is 6.55. The van der Waals surface area contributed by atoms with Crippen molar-refractivity contribution in [1.82, 2.24) is 15.0 Å². The van der Waals surface area contributed by atoms with E-state index in [1.807, 2.05) is 44.2 Å². The zero-order chi connectivity index (χ0) is 25.8. The zero-order valence-corrected chi connectivity index (χ0v) is 21.4. The molecule has 6 heteroatoms. The van der Waals surface area contributed by atoms with Crippen molar-refractivity contribution in [3.05, 3.63) is 117 Å². The molecule has 2 atom stereocenters. The average Bonchev–Trinajstić information content (AvgIpc) is 2.86. The Bertz CT molecular complexity index is 1330.